The lowest BCUT2D eigenvalue weighted by atomic mass is 9.90. The van der Waals surface area contributed by atoms with Crippen LogP contribution in [0.4, 0.5) is 15.8 Å². The Hall–Kier alpha value is -2.15. The Morgan fingerprint density at radius 3 is 2.65 bits per heavy atom. The van der Waals surface area contributed by atoms with Crippen molar-refractivity contribution < 1.29 is 19.1 Å². The lowest BCUT2D eigenvalue weighted by Crippen LogP contribution is -2.45. The average Bonchev–Trinajstić information content (AvgIpc) is 2.55. The lowest BCUT2D eigenvalue weighted by molar-refractivity contribution is -0.139. The van der Waals surface area contributed by atoms with Gasteiger partial charge in [0.05, 0.1) is 5.69 Å². The van der Waals surface area contributed by atoms with Gasteiger partial charge in [0.1, 0.15) is 11.7 Å². The summed E-state index contributed by atoms with van der Waals surface area (Å²) >= 11 is 0. The van der Waals surface area contributed by atoms with E-state index in [0.717, 1.165) is 13.1 Å². The van der Waals surface area contributed by atoms with Crippen LogP contribution in [0.5, 0.6) is 0 Å². The molecular weight excluding hydrogens is 301 g/mol. The van der Waals surface area contributed by atoms with Gasteiger partial charge in [-0.1, -0.05) is 0 Å². The van der Waals surface area contributed by atoms with E-state index in [0.29, 0.717) is 31.0 Å². The normalized spacial score (nSPS) is 21.3. The van der Waals surface area contributed by atoms with Gasteiger partial charge in [0.15, 0.2) is 5.78 Å². The fraction of sp³-hybridized carbons (Fsp3) is 0.500. The molecule has 0 aliphatic carbocycles. The second-order valence-electron chi connectivity index (χ2n) is 5.85. The molecule has 0 bridgehead atoms. The van der Waals surface area contributed by atoms with Crippen LogP contribution in [0.3, 0.4) is 0 Å². The summed E-state index contributed by atoms with van der Waals surface area (Å²) in [6.07, 6.45) is 0. The fourth-order valence-corrected chi connectivity index (χ4v) is 3.24. The first-order chi connectivity index (χ1) is 11.0. The van der Waals surface area contributed by atoms with Crippen LogP contribution in [-0.4, -0.2) is 56.1 Å². The molecule has 2 heterocycles. The van der Waals surface area contributed by atoms with E-state index in [1.807, 2.05) is 16.7 Å². The smallest absolute Gasteiger partial charge is 0.316 e. The minimum absolute atomic E-state index is 0.129. The van der Waals surface area contributed by atoms with Gasteiger partial charge >= 0.3 is 5.97 Å². The monoisotopic (exact) mass is 321 g/mol. The SMILES string of the molecule is CCN1CC(C(=O)O)C(=O)c2cc(F)c(N3CCNCC3)cc21. The summed E-state index contributed by atoms with van der Waals surface area (Å²) in [6.45, 7) is 5.57. The van der Waals surface area contributed by atoms with Crippen LogP contribution in [0.2, 0.25) is 0 Å². The molecule has 124 valence electrons. The van der Waals surface area contributed by atoms with E-state index in [1.165, 1.54) is 6.07 Å². The van der Waals surface area contributed by atoms with Gasteiger partial charge in [-0.2, -0.15) is 0 Å². The van der Waals surface area contributed by atoms with E-state index < -0.39 is 23.5 Å². The number of Topliss-reactive ketones (excluding diaryl/α,β-unsaturated/α-hetero) is 1. The summed E-state index contributed by atoms with van der Waals surface area (Å²) in [6, 6.07) is 2.89. The number of carboxylic acids is 1. The van der Waals surface area contributed by atoms with Crippen molar-refractivity contribution >= 4 is 23.1 Å². The molecule has 2 aliphatic rings. The van der Waals surface area contributed by atoms with Crippen molar-refractivity contribution in [3.8, 4) is 0 Å². The number of aliphatic carboxylic acids is 1. The second kappa shape index (κ2) is 6.16. The molecule has 0 aromatic heterocycles. The highest BCUT2D eigenvalue weighted by Gasteiger charge is 2.37. The molecule has 6 nitrogen and oxygen atoms in total. The molecule has 1 aromatic rings. The number of benzene rings is 1. The first kappa shape index (κ1) is 15.7. The summed E-state index contributed by atoms with van der Waals surface area (Å²) in [5.74, 6) is -3.28. The number of piperazine rings is 1. The predicted molar refractivity (Wildman–Crippen MR) is 84.8 cm³/mol. The van der Waals surface area contributed by atoms with Crippen molar-refractivity contribution in [2.24, 2.45) is 5.92 Å². The van der Waals surface area contributed by atoms with Gasteiger partial charge in [-0.05, 0) is 19.1 Å². The third-order valence-corrected chi connectivity index (χ3v) is 4.53. The molecule has 1 atom stereocenters. The van der Waals surface area contributed by atoms with Crippen LogP contribution in [0.25, 0.3) is 0 Å². The fourth-order valence-electron chi connectivity index (χ4n) is 3.24. The maximum atomic E-state index is 14.5. The van der Waals surface area contributed by atoms with Crippen molar-refractivity contribution in [1.82, 2.24) is 5.32 Å². The average molecular weight is 321 g/mol. The van der Waals surface area contributed by atoms with Crippen LogP contribution >= 0.6 is 0 Å². The van der Waals surface area contributed by atoms with Gasteiger partial charge in [0, 0.05) is 50.5 Å². The van der Waals surface area contributed by atoms with Gasteiger partial charge in [-0.25, -0.2) is 4.39 Å². The number of nitrogens with one attached hydrogen (secondary N) is 1. The molecule has 1 saturated heterocycles. The maximum Gasteiger partial charge on any atom is 0.316 e. The number of hydrogen-bond donors (Lipinski definition) is 2. The van der Waals surface area contributed by atoms with Gasteiger partial charge in [-0.15, -0.1) is 0 Å². The first-order valence-corrected chi connectivity index (χ1v) is 7.84. The van der Waals surface area contributed by atoms with E-state index >= 15 is 0 Å². The Balaban J connectivity index is 2.04. The predicted octanol–water partition coefficient (Wildman–Crippen LogP) is 0.959. The zero-order valence-corrected chi connectivity index (χ0v) is 13.0. The maximum absolute atomic E-state index is 14.5. The minimum Gasteiger partial charge on any atom is -0.481 e. The van der Waals surface area contributed by atoms with Gasteiger partial charge in [-0.3, -0.25) is 9.59 Å². The summed E-state index contributed by atoms with van der Waals surface area (Å²) in [5.41, 5.74) is 1.28. The van der Waals surface area contributed by atoms with Gasteiger partial charge < -0.3 is 20.2 Å². The number of halogens is 1. The number of nitrogens with zero attached hydrogens (tertiary/aromatic N) is 2. The molecule has 7 heteroatoms. The highest BCUT2D eigenvalue weighted by atomic mass is 19.1. The molecule has 0 amide bonds. The third-order valence-electron chi connectivity index (χ3n) is 4.53. The number of carbonyl (C=O) groups excluding carboxylic acids is 1. The molecule has 0 saturated carbocycles. The van der Waals surface area contributed by atoms with Crippen LogP contribution in [-0.2, 0) is 4.79 Å². The van der Waals surface area contributed by atoms with Crippen LogP contribution in [0, 0.1) is 11.7 Å². The zero-order valence-electron chi connectivity index (χ0n) is 13.0. The minimum atomic E-state index is -1.16. The molecule has 0 spiro atoms. The van der Waals surface area contributed by atoms with Crippen LogP contribution in [0.1, 0.15) is 17.3 Å². The second-order valence-corrected chi connectivity index (χ2v) is 5.85. The number of carbonyl (C=O) groups is 2. The zero-order chi connectivity index (χ0) is 16.6. The number of hydrogen-bond acceptors (Lipinski definition) is 5. The van der Waals surface area contributed by atoms with Crippen LogP contribution in [0.15, 0.2) is 12.1 Å². The molecule has 1 unspecified atom stereocenters. The molecule has 1 aromatic carbocycles. The number of rotatable bonds is 3. The number of carboxylic acid groups (broad SMARTS) is 1. The van der Waals surface area contributed by atoms with Gasteiger partial charge in [0.2, 0.25) is 0 Å². The van der Waals surface area contributed by atoms with E-state index in [-0.39, 0.29) is 12.1 Å². The van der Waals surface area contributed by atoms with Crippen molar-refractivity contribution in [1.29, 1.82) is 0 Å². The van der Waals surface area contributed by atoms with E-state index in [1.54, 1.807) is 6.07 Å². The standard InChI is InChI=1S/C16H20FN3O3/c1-2-19-9-11(16(22)23)15(21)10-7-12(17)14(8-13(10)19)20-5-3-18-4-6-20/h7-8,11,18H,2-6,9H2,1H3,(H,22,23). The van der Waals surface area contributed by atoms with Crippen molar-refractivity contribution in [2.75, 3.05) is 49.1 Å². The van der Waals surface area contributed by atoms with E-state index in [4.69, 9.17) is 0 Å². The molecular formula is C16H20FN3O3. The summed E-state index contributed by atoms with van der Waals surface area (Å²) in [7, 11) is 0. The Bertz CT molecular complexity index is 644. The lowest BCUT2D eigenvalue weighted by Gasteiger charge is -2.35. The van der Waals surface area contributed by atoms with E-state index in [9.17, 15) is 19.1 Å². The topological polar surface area (TPSA) is 72.9 Å². The number of fused-ring (bicyclic) bond motifs is 1. The molecule has 0 radical (unpaired) electrons. The molecule has 1 fully saturated rings. The Morgan fingerprint density at radius 1 is 1.35 bits per heavy atom. The number of anilines is 2. The Kier molecular flexibility index (Phi) is 4.21. The van der Waals surface area contributed by atoms with Crippen molar-refractivity contribution in [3.63, 3.8) is 0 Å². The highest BCUT2D eigenvalue weighted by molar-refractivity contribution is 6.13. The molecule has 3 rings (SSSR count). The Labute approximate surface area is 133 Å². The number of ketones is 1. The van der Waals surface area contributed by atoms with E-state index in [2.05, 4.69) is 5.32 Å². The highest BCUT2D eigenvalue weighted by Crippen LogP contribution is 2.35. The third kappa shape index (κ3) is 2.76. The summed E-state index contributed by atoms with van der Waals surface area (Å²) in [4.78, 5) is 27.4. The first-order valence-electron chi connectivity index (χ1n) is 7.84. The summed E-state index contributed by atoms with van der Waals surface area (Å²) in [5, 5.41) is 12.4. The Morgan fingerprint density at radius 2 is 2.04 bits per heavy atom. The summed E-state index contributed by atoms with van der Waals surface area (Å²) < 4.78 is 14.5. The molecule has 2 aliphatic heterocycles. The van der Waals surface area contributed by atoms with Crippen LogP contribution < -0.4 is 15.1 Å². The van der Waals surface area contributed by atoms with Gasteiger partial charge in [0.25, 0.3) is 0 Å². The van der Waals surface area contributed by atoms with Crippen molar-refractivity contribution in [2.45, 2.75) is 6.92 Å². The van der Waals surface area contributed by atoms with Crippen molar-refractivity contribution in [3.05, 3.63) is 23.5 Å². The quantitative estimate of drug-likeness (QED) is 0.808. The molecule has 2 N–H and O–H groups in total. The largest absolute Gasteiger partial charge is 0.481 e. The molecule has 23 heavy (non-hydrogen) atoms.